The highest BCUT2D eigenvalue weighted by Crippen LogP contribution is 2.20. The van der Waals surface area contributed by atoms with E-state index in [2.05, 4.69) is 20.8 Å². The van der Waals surface area contributed by atoms with Gasteiger partial charge in [0.05, 0.1) is 11.7 Å². The number of hydrogen-bond donors (Lipinski definition) is 2. The minimum absolute atomic E-state index is 0.416. The van der Waals surface area contributed by atoms with Crippen molar-refractivity contribution in [1.29, 1.82) is 0 Å². The molecule has 0 bridgehead atoms. The third kappa shape index (κ3) is 3.39. The number of hydrazone groups is 1. The minimum atomic E-state index is 0.416. The molecule has 1 aromatic heterocycles. The van der Waals surface area contributed by atoms with Crippen molar-refractivity contribution >= 4 is 46.0 Å². The summed E-state index contributed by atoms with van der Waals surface area (Å²) >= 11 is 11.0. The van der Waals surface area contributed by atoms with Gasteiger partial charge in [0.2, 0.25) is 0 Å². The Morgan fingerprint density at radius 2 is 2.21 bits per heavy atom. The molecule has 0 atom stereocenters. The monoisotopic (exact) mass is 292 g/mol. The standard InChI is InChI=1S/C13H13ClN4S/c1-8-3-4-9-6-10(7-16-18-13(19)15-2)12(14)17-11(9)5-8/h3-7H,1-2H3,(H2,15,18,19)/b16-7-. The molecular weight excluding hydrogens is 280 g/mol. The van der Waals surface area contributed by atoms with E-state index in [1.807, 2.05) is 31.2 Å². The van der Waals surface area contributed by atoms with Crippen LogP contribution in [-0.4, -0.2) is 23.4 Å². The van der Waals surface area contributed by atoms with E-state index in [1.54, 1.807) is 13.3 Å². The predicted molar refractivity (Wildman–Crippen MR) is 83.9 cm³/mol. The van der Waals surface area contributed by atoms with E-state index >= 15 is 0 Å². The fourth-order valence-corrected chi connectivity index (χ4v) is 1.82. The number of rotatable bonds is 2. The Labute approximate surface area is 121 Å². The van der Waals surface area contributed by atoms with Crippen LogP contribution in [0.1, 0.15) is 11.1 Å². The van der Waals surface area contributed by atoms with Gasteiger partial charge in [-0.3, -0.25) is 5.43 Å². The zero-order chi connectivity index (χ0) is 13.8. The lowest BCUT2D eigenvalue weighted by Crippen LogP contribution is -2.28. The number of nitrogens with zero attached hydrogens (tertiary/aromatic N) is 2. The van der Waals surface area contributed by atoms with Crippen molar-refractivity contribution in [3.8, 4) is 0 Å². The van der Waals surface area contributed by atoms with Crippen molar-refractivity contribution in [3.63, 3.8) is 0 Å². The fraction of sp³-hybridized carbons (Fsp3) is 0.154. The van der Waals surface area contributed by atoms with Crippen molar-refractivity contribution in [3.05, 3.63) is 40.5 Å². The van der Waals surface area contributed by atoms with E-state index in [0.29, 0.717) is 10.3 Å². The molecule has 0 saturated carbocycles. The van der Waals surface area contributed by atoms with Gasteiger partial charge in [0.15, 0.2) is 5.11 Å². The van der Waals surface area contributed by atoms with Crippen LogP contribution in [0.25, 0.3) is 10.9 Å². The summed E-state index contributed by atoms with van der Waals surface area (Å²) in [5, 5.41) is 8.63. The molecule has 0 unspecified atom stereocenters. The van der Waals surface area contributed by atoms with Gasteiger partial charge in [-0.15, -0.1) is 0 Å². The van der Waals surface area contributed by atoms with E-state index in [0.717, 1.165) is 22.0 Å². The lowest BCUT2D eigenvalue weighted by molar-refractivity contribution is 0.982. The normalized spacial score (nSPS) is 10.9. The molecule has 6 heteroatoms. The van der Waals surface area contributed by atoms with Gasteiger partial charge in [-0.2, -0.15) is 5.10 Å². The Morgan fingerprint density at radius 3 is 2.95 bits per heavy atom. The molecule has 4 nitrogen and oxygen atoms in total. The molecule has 0 fully saturated rings. The van der Waals surface area contributed by atoms with Gasteiger partial charge in [-0.1, -0.05) is 23.7 Å². The molecule has 0 saturated heterocycles. The van der Waals surface area contributed by atoms with Gasteiger partial charge in [-0.05, 0) is 36.8 Å². The molecule has 98 valence electrons. The summed E-state index contributed by atoms with van der Waals surface area (Å²) in [6, 6.07) is 7.98. The van der Waals surface area contributed by atoms with Crippen LogP contribution < -0.4 is 10.7 Å². The highest BCUT2D eigenvalue weighted by molar-refractivity contribution is 7.80. The average Bonchev–Trinajstić information content (AvgIpc) is 2.39. The summed E-state index contributed by atoms with van der Waals surface area (Å²) in [6.07, 6.45) is 1.60. The SMILES string of the molecule is CNC(=S)N/N=C\c1cc2ccc(C)cc2nc1Cl. The number of thiocarbonyl (C=S) groups is 1. The number of pyridine rings is 1. The fourth-order valence-electron chi connectivity index (χ4n) is 1.58. The van der Waals surface area contributed by atoms with Crippen molar-refractivity contribution in [2.75, 3.05) is 7.05 Å². The second-order valence-corrected chi connectivity index (χ2v) is 4.78. The number of fused-ring (bicyclic) bond motifs is 1. The summed E-state index contributed by atoms with van der Waals surface area (Å²) in [6.45, 7) is 2.02. The second-order valence-electron chi connectivity index (χ2n) is 4.01. The summed E-state index contributed by atoms with van der Waals surface area (Å²) < 4.78 is 0. The van der Waals surface area contributed by atoms with Crippen LogP contribution in [0.2, 0.25) is 5.15 Å². The Balaban J connectivity index is 2.31. The van der Waals surface area contributed by atoms with Crippen molar-refractivity contribution < 1.29 is 0 Å². The topological polar surface area (TPSA) is 49.3 Å². The van der Waals surface area contributed by atoms with Gasteiger partial charge >= 0.3 is 0 Å². The van der Waals surface area contributed by atoms with Crippen molar-refractivity contribution in [1.82, 2.24) is 15.7 Å². The molecule has 0 spiro atoms. The van der Waals surface area contributed by atoms with Gasteiger partial charge in [0.1, 0.15) is 5.15 Å². The maximum Gasteiger partial charge on any atom is 0.186 e. The lowest BCUT2D eigenvalue weighted by Gasteiger charge is -2.03. The molecule has 0 aliphatic carbocycles. The molecule has 0 amide bonds. The number of aromatic nitrogens is 1. The highest BCUT2D eigenvalue weighted by atomic mass is 35.5. The Bertz CT molecular complexity index is 654. The van der Waals surface area contributed by atoms with E-state index in [4.69, 9.17) is 23.8 Å². The number of nitrogens with one attached hydrogen (secondary N) is 2. The molecule has 2 aromatic rings. The summed E-state index contributed by atoms with van der Waals surface area (Å²) in [4.78, 5) is 4.35. The summed E-state index contributed by atoms with van der Waals surface area (Å²) in [5.41, 5.74) is 5.44. The van der Waals surface area contributed by atoms with Crippen LogP contribution in [-0.2, 0) is 0 Å². The van der Waals surface area contributed by atoms with Crippen LogP contribution in [0.4, 0.5) is 0 Å². The first-order valence-electron chi connectivity index (χ1n) is 5.68. The van der Waals surface area contributed by atoms with Crippen LogP contribution in [0, 0.1) is 6.92 Å². The maximum atomic E-state index is 6.13. The third-order valence-electron chi connectivity index (χ3n) is 2.55. The number of aryl methyl sites for hydroxylation is 1. The van der Waals surface area contributed by atoms with E-state index in [9.17, 15) is 0 Å². The molecule has 0 aliphatic heterocycles. The van der Waals surface area contributed by atoms with Crippen molar-refractivity contribution in [2.45, 2.75) is 6.92 Å². The van der Waals surface area contributed by atoms with Crippen LogP contribution in [0.15, 0.2) is 29.4 Å². The smallest absolute Gasteiger partial charge is 0.186 e. The first-order valence-corrected chi connectivity index (χ1v) is 6.46. The Kier molecular flexibility index (Phi) is 4.29. The molecule has 19 heavy (non-hydrogen) atoms. The first kappa shape index (κ1) is 13.7. The predicted octanol–water partition coefficient (Wildman–Crippen LogP) is 2.62. The molecule has 2 rings (SSSR count). The number of hydrogen-bond acceptors (Lipinski definition) is 3. The zero-order valence-corrected chi connectivity index (χ0v) is 12.1. The Hall–Kier alpha value is -1.72. The molecule has 2 N–H and O–H groups in total. The molecule has 0 aliphatic rings. The second kappa shape index (κ2) is 5.95. The van der Waals surface area contributed by atoms with E-state index in [-0.39, 0.29) is 0 Å². The van der Waals surface area contributed by atoms with Crippen LogP contribution in [0.5, 0.6) is 0 Å². The maximum absolute atomic E-state index is 6.13. The number of benzene rings is 1. The molecule has 1 heterocycles. The van der Waals surface area contributed by atoms with Gasteiger partial charge < -0.3 is 5.32 Å². The highest BCUT2D eigenvalue weighted by Gasteiger charge is 2.03. The van der Waals surface area contributed by atoms with Gasteiger partial charge in [0.25, 0.3) is 0 Å². The molecular formula is C13H13ClN4S. The quantitative estimate of drug-likeness (QED) is 0.387. The lowest BCUT2D eigenvalue weighted by atomic mass is 10.1. The van der Waals surface area contributed by atoms with Gasteiger partial charge in [-0.25, -0.2) is 4.98 Å². The average molecular weight is 293 g/mol. The van der Waals surface area contributed by atoms with Gasteiger partial charge in [0, 0.05) is 18.0 Å². The van der Waals surface area contributed by atoms with Crippen LogP contribution >= 0.6 is 23.8 Å². The first-order chi connectivity index (χ1) is 9.10. The largest absolute Gasteiger partial charge is 0.364 e. The minimum Gasteiger partial charge on any atom is -0.364 e. The van der Waals surface area contributed by atoms with Crippen molar-refractivity contribution in [2.24, 2.45) is 5.10 Å². The van der Waals surface area contributed by atoms with E-state index < -0.39 is 0 Å². The third-order valence-corrected chi connectivity index (χ3v) is 3.15. The van der Waals surface area contributed by atoms with Crippen LogP contribution in [0.3, 0.4) is 0 Å². The Morgan fingerprint density at radius 1 is 1.42 bits per heavy atom. The molecule has 0 radical (unpaired) electrons. The summed E-state index contributed by atoms with van der Waals surface area (Å²) in [5.74, 6) is 0. The summed E-state index contributed by atoms with van der Waals surface area (Å²) in [7, 11) is 1.72. The molecule has 1 aromatic carbocycles. The van der Waals surface area contributed by atoms with E-state index in [1.165, 1.54) is 0 Å². The number of halogens is 1. The zero-order valence-electron chi connectivity index (χ0n) is 10.6.